The Kier molecular flexibility index (Phi) is 5.13. The third kappa shape index (κ3) is 3.75. The van der Waals surface area contributed by atoms with Crippen LogP contribution in [0.4, 0.5) is 0 Å². The maximum absolute atomic E-state index is 4.32. The number of aromatic nitrogens is 2. The van der Waals surface area contributed by atoms with Crippen LogP contribution in [0.15, 0.2) is 0 Å². The van der Waals surface area contributed by atoms with Crippen molar-refractivity contribution < 1.29 is 0 Å². The molecule has 0 radical (unpaired) electrons. The molecule has 1 saturated carbocycles. The summed E-state index contributed by atoms with van der Waals surface area (Å²) in [5.41, 5.74) is 1.20. The molecule has 2 rings (SSSR count). The van der Waals surface area contributed by atoms with Crippen molar-refractivity contribution in [3.8, 4) is 0 Å². The van der Waals surface area contributed by atoms with Crippen LogP contribution in [-0.4, -0.2) is 16.1 Å². The predicted octanol–water partition coefficient (Wildman–Crippen LogP) is 3.89. The quantitative estimate of drug-likeness (QED) is 0.776. The molecule has 4 heteroatoms. The number of hydrogen-bond donors (Lipinski definition) is 1. The van der Waals surface area contributed by atoms with E-state index in [0.717, 1.165) is 12.5 Å². The van der Waals surface area contributed by atoms with Crippen molar-refractivity contribution in [2.75, 3.05) is 6.54 Å². The molecular weight excluding hydrogens is 242 g/mol. The van der Waals surface area contributed by atoms with Gasteiger partial charge in [0.1, 0.15) is 0 Å². The van der Waals surface area contributed by atoms with Gasteiger partial charge in [0, 0.05) is 6.04 Å². The minimum Gasteiger partial charge on any atom is -0.309 e. The average Bonchev–Trinajstić information content (AvgIpc) is 3.04. The van der Waals surface area contributed by atoms with Crippen LogP contribution in [0.25, 0.3) is 0 Å². The summed E-state index contributed by atoms with van der Waals surface area (Å²) in [4.78, 5) is 1.37. The Hall–Kier alpha value is -0.480. The SMILES string of the molecule is CCCNC(CCC1CC1)c1snnc1C(C)C. The Bertz CT molecular complexity index is 358. The molecule has 1 aromatic heterocycles. The predicted molar refractivity (Wildman–Crippen MR) is 77.0 cm³/mol. The molecule has 1 aliphatic carbocycles. The molecule has 0 amide bonds. The summed E-state index contributed by atoms with van der Waals surface area (Å²) >= 11 is 1.58. The zero-order valence-corrected chi connectivity index (χ0v) is 12.6. The maximum atomic E-state index is 4.32. The van der Waals surface area contributed by atoms with E-state index in [1.54, 1.807) is 11.5 Å². The summed E-state index contributed by atoms with van der Waals surface area (Å²) in [6.07, 6.45) is 6.67. The van der Waals surface area contributed by atoms with E-state index < -0.39 is 0 Å². The van der Waals surface area contributed by atoms with Gasteiger partial charge in [-0.1, -0.05) is 38.1 Å². The zero-order chi connectivity index (χ0) is 13.0. The van der Waals surface area contributed by atoms with Gasteiger partial charge in [0.05, 0.1) is 10.6 Å². The maximum Gasteiger partial charge on any atom is 0.0829 e. The molecule has 1 heterocycles. The van der Waals surface area contributed by atoms with Gasteiger partial charge in [0.15, 0.2) is 0 Å². The normalized spacial score (nSPS) is 17.3. The van der Waals surface area contributed by atoms with Crippen LogP contribution >= 0.6 is 11.5 Å². The van der Waals surface area contributed by atoms with Crippen molar-refractivity contribution in [2.24, 2.45) is 5.92 Å². The molecule has 1 aliphatic rings. The zero-order valence-electron chi connectivity index (χ0n) is 11.8. The average molecular weight is 267 g/mol. The fourth-order valence-corrected chi connectivity index (χ4v) is 3.22. The topological polar surface area (TPSA) is 37.8 Å². The van der Waals surface area contributed by atoms with Crippen molar-refractivity contribution in [3.05, 3.63) is 10.6 Å². The summed E-state index contributed by atoms with van der Waals surface area (Å²) in [5, 5.41) is 8.00. The smallest absolute Gasteiger partial charge is 0.0829 e. The molecule has 1 unspecified atom stereocenters. The standard InChI is InChI=1S/C14H25N3S/c1-4-9-15-12(8-7-11-5-6-11)14-13(10(2)3)16-17-18-14/h10-12,15H,4-9H2,1-3H3. The number of hydrogen-bond acceptors (Lipinski definition) is 4. The summed E-state index contributed by atoms with van der Waals surface area (Å²) in [5.74, 6) is 1.48. The largest absolute Gasteiger partial charge is 0.309 e. The molecule has 3 nitrogen and oxygen atoms in total. The summed E-state index contributed by atoms with van der Waals surface area (Å²) in [6, 6.07) is 0.475. The monoisotopic (exact) mass is 267 g/mol. The number of nitrogens with one attached hydrogen (secondary N) is 1. The lowest BCUT2D eigenvalue weighted by Gasteiger charge is -2.18. The summed E-state index contributed by atoms with van der Waals surface area (Å²) in [7, 11) is 0. The van der Waals surface area contributed by atoms with E-state index in [-0.39, 0.29) is 0 Å². The van der Waals surface area contributed by atoms with Crippen molar-refractivity contribution in [3.63, 3.8) is 0 Å². The first kappa shape index (κ1) is 13.9. The van der Waals surface area contributed by atoms with Crippen LogP contribution in [0.2, 0.25) is 0 Å². The second-order valence-corrected chi connectivity index (χ2v) is 6.49. The molecule has 1 atom stereocenters. The van der Waals surface area contributed by atoms with Gasteiger partial charge >= 0.3 is 0 Å². The third-order valence-corrected chi connectivity index (χ3v) is 4.46. The van der Waals surface area contributed by atoms with E-state index in [1.165, 1.54) is 42.7 Å². The fourth-order valence-electron chi connectivity index (χ4n) is 2.30. The van der Waals surface area contributed by atoms with Crippen LogP contribution in [0.5, 0.6) is 0 Å². The molecular formula is C14H25N3S. The second kappa shape index (κ2) is 6.62. The number of nitrogens with zero attached hydrogens (tertiary/aromatic N) is 2. The van der Waals surface area contributed by atoms with Gasteiger partial charge in [0.25, 0.3) is 0 Å². The first-order valence-electron chi connectivity index (χ1n) is 7.27. The lowest BCUT2D eigenvalue weighted by molar-refractivity contribution is 0.471. The Morgan fingerprint density at radius 3 is 2.78 bits per heavy atom. The highest BCUT2D eigenvalue weighted by Crippen LogP contribution is 2.37. The molecule has 0 aliphatic heterocycles. The molecule has 0 bridgehead atoms. The van der Waals surface area contributed by atoms with Gasteiger partial charge in [-0.3, -0.25) is 0 Å². The Balaban J connectivity index is 2.02. The van der Waals surface area contributed by atoms with Crippen molar-refractivity contribution in [2.45, 2.75) is 64.8 Å². The van der Waals surface area contributed by atoms with Crippen LogP contribution in [0.1, 0.15) is 75.4 Å². The molecule has 0 aromatic carbocycles. The van der Waals surface area contributed by atoms with E-state index in [2.05, 4.69) is 35.7 Å². The van der Waals surface area contributed by atoms with Gasteiger partial charge in [0.2, 0.25) is 0 Å². The van der Waals surface area contributed by atoms with Gasteiger partial charge in [-0.25, -0.2) is 0 Å². The minimum absolute atomic E-state index is 0.475. The highest BCUT2D eigenvalue weighted by atomic mass is 32.1. The highest BCUT2D eigenvalue weighted by Gasteiger charge is 2.25. The van der Waals surface area contributed by atoms with Crippen molar-refractivity contribution in [1.29, 1.82) is 0 Å². The Morgan fingerprint density at radius 2 is 2.17 bits per heavy atom. The molecule has 102 valence electrons. The lowest BCUT2D eigenvalue weighted by atomic mass is 10.0. The highest BCUT2D eigenvalue weighted by molar-refractivity contribution is 7.05. The van der Waals surface area contributed by atoms with Crippen LogP contribution in [-0.2, 0) is 0 Å². The van der Waals surface area contributed by atoms with Gasteiger partial charge < -0.3 is 5.32 Å². The Labute approximate surface area is 115 Å². The van der Waals surface area contributed by atoms with Gasteiger partial charge in [-0.15, -0.1) is 5.10 Å². The van der Waals surface area contributed by atoms with E-state index >= 15 is 0 Å². The van der Waals surface area contributed by atoms with E-state index in [1.807, 2.05) is 0 Å². The fraction of sp³-hybridized carbons (Fsp3) is 0.857. The molecule has 18 heavy (non-hydrogen) atoms. The van der Waals surface area contributed by atoms with E-state index in [4.69, 9.17) is 0 Å². The van der Waals surface area contributed by atoms with E-state index in [0.29, 0.717) is 12.0 Å². The van der Waals surface area contributed by atoms with Crippen LogP contribution < -0.4 is 5.32 Å². The third-order valence-electron chi connectivity index (χ3n) is 3.60. The summed E-state index contributed by atoms with van der Waals surface area (Å²) < 4.78 is 4.17. The first-order valence-corrected chi connectivity index (χ1v) is 8.05. The molecule has 0 spiro atoms. The molecule has 0 saturated heterocycles. The van der Waals surface area contributed by atoms with Gasteiger partial charge in [-0.2, -0.15) is 0 Å². The second-order valence-electron chi connectivity index (χ2n) is 5.70. The van der Waals surface area contributed by atoms with Gasteiger partial charge in [-0.05, 0) is 49.2 Å². The molecule has 1 N–H and O–H groups in total. The molecule has 1 fully saturated rings. The van der Waals surface area contributed by atoms with E-state index in [9.17, 15) is 0 Å². The Morgan fingerprint density at radius 1 is 1.39 bits per heavy atom. The molecule has 1 aromatic rings. The minimum atomic E-state index is 0.475. The summed E-state index contributed by atoms with van der Waals surface area (Å²) in [6.45, 7) is 7.72. The van der Waals surface area contributed by atoms with Crippen molar-refractivity contribution >= 4 is 11.5 Å². The lowest BCUT2D eigenvalue weighted by Crippen LogP contribution is -2.22. The first-order chi connectivity index (χ1) is 8.72. The van der Waals surface area contributed by atoms with Crippen LogP contribution in [0.3, 0.4) is 0 Å². The van der Waals surface area contributed by atoms with Crippen LogP contribution in [0, 0.1) is 5.92 Å². The number of rotatable bonds is 8. The van der Waals surface area contributed by atoms with Crippen molar-refractivity contribution in [1.82, 2.24) is 14.9 Å².